The average Bonchev–Trinajstić information content (AvgIpc) is 3.40. The van der Waals surface area contributed by atoms with E-state index >= 15 is 0 Å². The highest BCUT2D eigenvalue weighted by Crippen LogP contribution is 2.32. The van der Waals surface area contributed by atoms with Crippen molar-refractivity contribution < 1.29 is 33.5 Å². The largest absolute Gasteiger partial charge is 0.381 e. The van der Waals surface area contributed by atoms with Crippen molar-refractivity contribution in [2.45, 2.75) is 110 Å². The molecule has 47 heavy (non-hydrogen) atoms. The lowest BCUT2D eigenvalue weighted by Crippen LogP contribution is -2.67. The number of amides is 7. The molecule has 2 heterocycles. The molecule has 1 aromatic carbocycles. The maximum Gasteiger partial charge on any atom is 0.321 e. The summed E-state index contributed by atoms with van der Waals surface area (Å²) >= 11 is 0. The lowest BCUT2D eigenvalue weighted by Gasteiger charge is -2.44. The molecule has 2 fully saturated rings. The lowest BCUT2D eigenvalue weighted by molar-refractivity contribution is -0.141. The van der Waals surface area contributed by atoms with Crippen LogP contribution in [0.15, 0.2) is 18.2 Å². The van der Waals surface area contributed by atoms with Gasteiger partial charge in [-0.05, 0) is 50.2 Å². The summed E-state index contributed by atoms with van der Waals surface area (Å²) in [6, 6.07) is 0.485. The van der Waals surface area contributed by atoms with Gasteiger partial charge in [-0.15, -0.1) is 0 Å². The zero-order valence-electron chi connectivity index (χ0n) is 28.3. The van der Waals surface area contributed by atoms with Crippen molar-refractivity contribution >= 4 is 29.8 Å². The molecular formula is C33H50FN7O6. The van der Waals surface area contributed by atoms with Gasteiger partial charge in [-0.25, -0.2) is 14.0 Å². The molecule has 3 aliphatic rings. The minimum absolute atomic E-state index is 0.0191. The molecule has 260 valence electrons. The Morgan fingerprint density at radius 2 is 1.68 bits per heavy atom. The van der Waals surface area contributed by atoms with E-state index in [9.17, 15) is 33.5 Å². The molecule has 6 N–H and O–H groups in total. The number of primary amides is 1. The van der Waals surface area contributed by atoms with Crippen molar-refractivity contribution in [3.8, 4) is 0 Å². The number of nitrogens with zero attached hydrogens (tertiary/aromatic N) is 3. The Hall–Kier alpha value is -3.94. The number of rotatable bonds is 8. The number of benzene rings is 1. The van der Waals surface area contributed by atoms with E-state index < -0.39 is 70.8 Å². The molecular weight excluding hydrogens is 609 g/mol. The van der Waals surface area contributed by atoms with Gasteiger partial charge in [0.15, 0.2) is 6.10 Å². The van der Waals surface area contributed by atoms with Gasteiger partial charge in [-0.1, -0.05) is 52.2 Å². The molecule has 1 saturated carbocycles. The number of hydrogen-bond donors (Lipinski definition) is 5. The average molecular weight is 660 g/mol. The third-order valence-electron chi connectivity index (χ3n) is 9.13. The van der Waals surface area contributed by atoms with E-state index in [1.54, 1.807) is 12.1 Å². The van der Waals surface area contributed by atoms with Crippen molar-refractivity contribution in [2.24, 2.45) is 17.1 Å². The van der Waals surface area contributed by atoms with E-state index in [1.165, 1.54) is 20.8 Å². The summed E-state index contributed by atoms with van der Waals surface area (Å²) in [5, 5.41) is 19.0. The number of carbonyl (C=O) groups excluding carboxylic acids is 5. The fraction of sp³-hybridized carbons (Fsp3) is 0.667. The predicted molar refractivity (Wildman–Crippen MR) is 172 cm³/mol. The summed E-state index contributed by atoms with van der Waals surface area (Å²) in [6.07, 6.45) is 1.49. The molecule has 0 bridgehead atoms. The number of piperazine rings is 1. The molecule has 0 radical (unpaired) electrons. The van der Waals surface area contributed by atoms with Gasteiger partial charge in [0.25, 0.3) is 0 Å². The molecule has 4 rings (SSSR count). The Bertz CT molecular complexity index is 1370. The van der Waals surface area contributed by atoms with Crippen LogP contribution in [0.2, 0.25) is 0 Å². The summed E-state index contributed by atoms with van der Waals surface area (Å²) in [6.45, 7) is 10.9. The molecule has 7 amide bonds. The van der Waals surface area contributed by atoms with Crippen LogP contribution < -0.4 is 21.7 Å². The Balaban J connectivity index is 1.59. The first-order valence-corrected chi connectivity index (χ1v) is 16.3. The quantitative estimate of drug-likeness (QED) is 0.284. The monoisotopic (exact) mass is 659 g/mol. The molecule has 3 unspecified atom stereocenters. The van der Waals surface area contributed by atoms with Crippen LogP contribution in [0.3, 0.4) is 0 Å². The van der Waals surface area contributed by atoms with E-state index in [-0.39, 0.29) is 38.6 Å². The van der Waals surface area contributed by atoms with Crippen molar-refractivity contribution in [3.63, 3.8) is 0 Å². The van der Waals surface area contributed by atoms with Crippen LogP contribution in [-0.2, 0) is 27.5 Å². The summed E-state index contributed by atoms with van der Waals surface area (Å²) in [7, 11) is 0. The number of nitrogens with two attached hydrogens (primary N) is 1. The van der Waals surface area contributed by atoms with E-state index in [4.69, 9.17) is 5.73 Å². The third kappa shape index (κ3) is 8.70. The van der Waals surface area contributed by atoms with Gasteiger partial charge in [-0.3, -0.25) is 14.4 Å². The van der Waals surface area contributed by atoms with Gasteiger partial charge < -0.3 is 41.5 Å². The first-order chi connectivity index (χ1) is 21.9. The number of carbonyl (C=O) groups is 5. The predicted octanol–water partition coefficient (Wildman–Crippen LogP) is 1.81. The molecule has 14 heteroatoms. The second kappa shape index (κ2) is 14.0. The number of fused-ring (bicyclic) bond motifs is 1. The van der Waals surface area contributed by atoms with Gasteiger partial charge >= 0.3 is 12.1 Å². The van der Waals surface area contributed by atoms with E-state index in [0.717, 1.165) is 19.3 Å². The molecule has 1 aliphatic carbocycles. The van der Waals surface area contributed by atoms with Crippen LogP contribution in [0, 0.1) is 17.2 Å². The summed E-state index contributed by atoms with van der Waals surface area (Å²) < 4.78 is 14.5. The first kappa shape index (κ1) is 35.9. The zero-order chi connectivity index (χ0) is 34.8. The number of urea groups is 2. The summed E-state index contributed by atoms with van der Waals surface area (Å²) in [4.78, 5) is 71.1. The number of nitrogens with one attached hydrogen (secondary N) is 3. The minimum Gasteiger partial charge on any atom is -0.381 e. The van der Waals surface area contributed by atoms with E-state index in [2.05, 4.69) is 16.0 Å². The van der Waals surface area contributed by atoms with Gasteiger partial charge in [-0.2, -0.15) is 0 Å². The standard InChI is InChI=1S/C33H50FN7O6/c1-32(2,3)26(37-30(46)38-33(4,5)6)29(45)39-13-14-41(31(47)40-16-20-11-8-12-22(34)21(20)17-40)24(18-39)28(44)36-23(25(42)27(35)43)15-19-9-7-10-19/h8,11-12,19,23-26,42H,7,9-10,13-18H2,1-6H3,(H2,35,43)(H,36,44)(H2,37,38,46)/t23?,24?,25?,26-/m1/s1. The highest BCUT2D eigenvalue weighted by atomic mass is 19.1. The normalized spacial score (nSPS) is 20.4. The smallest absolute Gasteiger partial charge is 0.321 e. The van der Waals surface area contributed by atoms with Crippen molar-refractivity contribution in [1.29, 1.82) is 0 Å². The van der Waals surface area contributed by atoms with E-state index in [0.29, 0.717) is 17.5 Å². The van der Waals surface area contributed by atoms with Crippen LogP contribution in [0.25, 0.3) is 0 Å². The number of aliphatic hydroxyl groups is 1. The number of hydrogen-bond acceptors (Lipinski definition) is 6. The SMILES string of the molecule is CC(C)(C)NC(=O)N[C@H](C(=O)N1CCN(C(=O)N2Cc3cccc(F)c3C2)C(C(=O)NC(CC2CCC2)C(O)C(N)=O)C1)C(C)(C)C. The molecule has 0 spiro atoms. The highest BCUT2D eigenvalue weighted by Gasteiger charge is 2.44. The van der Waals surface area contributed by atoms with E-state index in [1.807, 2.05) is 41.5 Å². The lowest BCUT2D eigenvalue weighted by atomic mass is 9.79. The Kier molecular flexibility index (Phi) is 10.7. The zero-order valence-corrected chi connectivity index (χ0v) is 28.3. The van der Waals surface area contributed by atoms with Gasteiger partial charge in [0, 0.05) is 30.7 Å². The molecule has 4 atom stereocenters. The summed E-state index contributed by atoms with van der Waals surface area (Å²) in [5.41, 5.74) is 5.25. The second-order valence-electron chi connectivity index (χ2n) is 15.2. The highest BCUT2D eigenvalue weighted by molar-refractivity contribution is 5.92. The molecule has 2 aliphatic heterocycles. The number of halogens is 1. The van der Waals surface area contributed by atoms with Crippen molar-refractivity contribution in [3.05, 3.63) is 35.1 Å². The van der Waals surface area contributed by atoms with Crippen LogP contribution in [0.1, 0.15) is 78.4 Å². The van der Waals surface area contributed by atoms with Crippen molar-refractivity contribution in [2.75, 3.05) is 19.6 Å². The van der Waals surface area contributed by atoms with Crippen molar-refractivity contribution in [1.82, 2.24) is 30.7 Å². The van der Waals surface area contributed by atoms with Crippen LogP contribution >= 0.6 is 0 Å². The Morgan fingerprint density at radius 3 is 2.23 bits per heavy atom. The molecule has 1 aromatic rings. The Labute approximate surface area is 275 Å². The topological polar surface area (TPSA) is 177 Å². The van der Waals surface area contributed by atoms with Gasteiger partial charge in [0.05, 0.1) is 19.1 Å². The third-order valence-corrected chi connectivity index (χ3v) is 9.13. The van der Waals surface area contributed by atoms with Crippen LogP contribution in [-0.4, -0.2) is 99.0 Å². The second-order valence-corrected chi connectivity index (χ2v) is 15.2. The molecule has 1 saturated heterocycles. The maximum absolute atomic E-state index is 14.5. The minimum atomic E-state index is -1.64. The maximum atomic E-state index is 14.5. The molecule has 13 nitrogen and oxygen atoms in total. The fourth-order valence-corrected chi connectivity index (χ4v) is 6.30. The number of aliphatic hydroxyl groups excluding tert-OH is 1. The first-order valence-electron chi connectivity index (χ1n) is 16.3. The Morgan fingerprint density at radius 1 is 1.00 bits per heavy atom. The van der Waals surface area contributed by atoms with Gasteiger partial charge in [0.2, 0.25) is 17.7 Å². The molecule has 0 aromatic heterocycles. The van der Waals surface area contributed by atoms with Gasteiger partial charge in [0.1, 0.15) is 17.9 Å². The van der Waals surface area contributed by atoms with Crippen LogP contribution in [0.4, 0.5) is 14.0 Å². The summed E-state index contributed by atoms with van der Waals surface area (Å²) in [5.74, 6) is -2.28. The fourth-order valence-electron chi connectivity index (χ4n) is 6.30. The van der Waals surface area contributed by atoms with Crippen LogP contribution in [0.5, 0.6) is 0 Å².